The lowest BCUT2D eigenvalue weighted by Gasteiger charge is -2.13. The van der Waals surface area contributed by atoms with Crippen LogP contribution >= 0.6 is 11.6 Å². The fourth-order valence-corrected chi connectivity index (χ4v) is 2.27. The first kappa shape index (κ1) is 10.7. The third kappa shape index (κ3) is 2.42. The van der Waals surface area contributed by atoms with Crippen LogP contribution in [0.25, 0.3) is 5.57 Å². The molecule has 0 saturated carbocycles. The van der Waals surface area contributed by atoms with Gasteiger partial charge >= 0.3 is 0 Å². The molecule has 2 heteroatoms. The Balaban J connectivity index is 2.34. The number of benzene rings is 1. The molecule has 80 valence electrons. The highest BCUT2D eigenvalue weighted by Crippen LogP contribution is 2.28. The van der Waals surface area contributed by atoms with Crippen molar-refractivity contribution in [1.29, 1.82) is 0 Å². The van der Waals surface area contributed by atoms with Gasteiger partial charge in [0.15, 0.2) is 0 Å². The van der Waals surface area contributed by atoms with E-state index in [1.54, 1.807) is 0 Å². The number of allylic oxidation sites excluding steroid dienone is 1. The third-order valence-electron chi connectivity index (χ3n) is 2.88. The van der Waals surface area contributed by atoms with E-state index in [4.69, 9.17) is 11.6 Å². The molecule has 1 saturated heterocycles. The van der Waals surface area contributed by atoms with E-state index in [0.717, 1.165) is 22.7 Å². The van der Waals surface area contributed by atoms with Crippen LogP contribution in [-0.4, -0.2) is 6.54 Å². The van der Waals surface area contributed by atoms with E-state index >= 15 is 0 Å². The molecule has 2 rings (SSSR count). The Morgan fingerprint density at radius 1 is 1.47 bits per heavy atom. The molecule has 0 aromatic heterocycles. The van der Waals surface area contributed by atoms with Crippen LogP contribution in [0.1, 0.15) is 36.9 Å². The van der Waals surface area contributed by atoms with E-state index in [1.165, 1.54) is 18.4 Å². The molecule has 1 aromatic rings. The summed E-state index contributed by atoms with van der Waals surface area (Å²) in [5, 5.41) is 4.28. The second-order valence-corrected chi connectivity index (χ2v) is 4.64. The van der Waals surface area contributed by atoms with Crippen molar-refractivity contribution in [3.8, 4) is 0 Å². The molecule has 1 unspecified atom stereocenters. The summed E-state index contributed by atoms with van der Waals surface area (Å²) < 4.78 is 0. The fraction of sp³-hybridized carbons (Fsp3) is 0.385. The van der Waals surface area contributed by atoms with Crippen LogP contribution in [0.15, 0.2) is 24.8 Å². The topological polar surface area (TPSA) is 12.0 Å². The summed E-state index contributed by atoms with van der Waals surface area (Å²) in [5.74, 6) is 0. The first-order valence-electron chi connectivity index (χ1n) is 5.36. The van der Waals surface area contributed by atoms with Crippen LogP contribution in [0.4, 0.5) is 0 Å². The molecule has 0 amide bonds. The van der Waals surface area contributed by atoms with E-state index < -0.39 is 0 Å². The normalized spacial score (nSPS) is 20.5. The lowest BCUT2D eigenvalue weighted by molar-refractivity contribution is 0.647. The first-order chi connectivity index (χ1) is 7.16. The van der Waals surface area contributed by atoms with Gasteiger partial charge in [-0.15, -0.1) is 0 Å². The summed E-state index contributed by atoms with van der Waals surface area (Å²) in [6, 6.07) is 6.69. The Morgan fingerprint density at radius 3 is 2.87 bits per heavy atom. The maximum absolute atomic E-state index is 6.10. The molecule has 0 bridgehead atoms. The number of nitrogens with one attached hydrogen (secondary N) is 1. The molecule has 1 aromatic carbocycles. The summed E-state index contributed by atoms with van der Waals surface area (Å²) in [4.78, 5) is 0. The highest BCUT2D eigenvalue weighted by molar-refractivity contribution is 6.30. The van der Waals surface area contributed by atoms with Crippen LogP contribution in [0.2, 0.25) is 5.02 Å². The van der Waals surface area contributed by atoms with Gasteiger partial charge in [0.2, 0.25) is 0 Å². The van der Waals surface area contributed by atoms with Crippen molar-refractivity contribution in [2.45, 2.75) is 25.8 Å². The summed E-state index contributed by atoms with van der Waals surface area (Å²) in [6.07, 6.45) is 2.45. The van der Waals surface area contributed by atoms with E-state index in [-0.39, 0.29) is 0 Å². The Hall–Kier alpha value is -0.790. The van der Waals surface area contributed by atoms with Crippen molar-refractivity contribution in [3.05, 3.63) is 40.9 Å². The van der Waals surface area contributed by atoms with Gasteiger partial charge in [0, 0.05) is 11.1 Å². The standard InChI is InChI=1S/C13H16ClN/c1-9(2)10-6-11(8-12(14)7-10)13-4-3-5-15-13/h6-8,13,15H,1,3-5H2,2H3. The van der Waals surface area contributed by atoms with E-state index in [2.05, 4.69) is 24.0 Å². The second-order valence-electron chi connectivity index (χ2n) is 4.20. The average molecular weight is 222 g/mol. The minimum absolute atomic E-state index is 0.474. The molecule has 15 heavy (non-hydrogen) atoms. The van der Waals surface area contributed by atoms with Gasteiger partial charge < -0.3 is 5.32 Å². The van der Waals surface area contributed by atoms with Crippen LogP contribution in [0.5, 0.6) is 0 Å². The Morgan fingerprint density at radius 2 is 2.27 bits per heavy atom. The zero-order valence-corrected chi connectivity index (χ0v) is 9.77. The molecule has 1 aliphatic rings. The van der Waals surface area contributed by atoms with E-state index in [0.29, 0.717) is 6.04 Å². The van der Waals surface area contributed by atoms with Crippen LogP contribution in [0, 0.1) is 0 Å². The fourth-order valence-electron chi connectivity index (χ4n) is 2.03. The lowest BCUT2D eigenvalue weighted by atomic mass is 10.00. The predicted molar refractivity (Wildman–Crippen MR) is 66.1 cm³/mol. The highest BCUT2D eigenvalue weighted by atomic mass is 35.5. The molecular weight excluding hydrogens is 206 g/mol. The van der Waals surface area contributed by atoms with Crippen LogP contribution in [-0.2, 0) is 0 Å². The largest absolute Gasteiger partial charge is 0.310 e. The molecule has 0 aliphatic carbocycles. The maximum Gasteiger partial charge on any atom is 0.0415 e. The summed E-state index contributed by atoms with van der Waals surface area (Å²) in [5.41, 5.74) is 3.50. The van der Waals surface area contributed by atoms with Gasteiger partial charge in [-0.25, -0.2) is 0 Å². The first-order valence-corrected chi connectivity index (χ1v) is 5.74. The van der Waals surface area contributed by atoms with Gasteiger partial charge in [0.25, 0.3) is 0 Å². The predicted octanol–water partition coefficient (Wildman–Crippen LogP) is 3.80. The molecule has 1 N–H and O–H groups in total. The summed E-state index contributed by atoms with van der Waals surface area (Å²) in [7, 11) is 0. The van der Waals surface area contributed by atoms with Gasteiger partial charge in [-0.1, -0.05) is 23.8 Å². The Bertz CT molecular complexity index is 378. The highest BCUT2D eigenvalue weighted by Gasteiger charge is 2.16. The van der Waals surface area contributed by atoms with E-state index in [1.807, 2.05) is 13.0 Å². The molecule has 1 atom stereocenters. The van der Waals surface area contributed by atoms with Crippen molar-refractivity contribution in [1.82, 2.24) is 5.32 Å². The van der Waals surface area contributed by atoms with Crippen molar-refractivity contribution in [3.63, 3.8) is 0 Å². The van der Waals surface area contributed by atoms with Crippen molar-refractivity contribution < 1.29 is 0 Å². The lowest BCUT2D eigenvalue weighted by Crippen LogP contribution is -2.12. The van der Waals surface area contributed by atoms with Crippen molar-refractivity contribution in [2.75, 3.05) is 6.54 Å². The van der Waals surface area contributed by atoms with Gasteiger partial charge in [0.1, 0.15) is 0 Å². The summed E-state index contributed by atoms with van der Waals surface area (Å²) >= 11 is 6.10. The van der Waals surface area contributed by atoms with Crippen molar-refractivity contribution in [2.24, 2.45) is 0 Å². The second kappa shape index (κ2) is 4.38. The number of halogens is 1. The zero-order valence-electron chi connectivity index (χ0n) is 9.02. The monoisotopic (exact) mass is 221 g/mol. The SMILES string of the molecule is C=C(C)c1cc(Cl)cc(C2CCCN2)c1. The minimum Gasteiger partial charge on any atom is -0.310 e. The number of hydrogen-bond donors (Lipinski definition) is 1. The van der Waals surface area contributed by atoms with Gasteiger partial charge in [-0.05, 0) is 55.6 Å². The molecule has 1 fully saturated rings. The Labute approximate surface area is 96.1 Å². The molecule has 0 spiro atoms. The molecular formula is C13H16ClN. The van der Waals surface area contributed by atoms with Gasteiger partial charge in [-0.2, -0.15) is 0 Å². The van der Waals surface area contributed by atoms with Crippen LogP contribution in [0.3, 0.4) is 0 Å². The molecule has 0 radical (unpaired) electrons. The third-order valence-corrected chi connectivity index (χ3v) is 3.09. The molecule has 1 aliphatic heterocycles. The summed E-state index contributed by atoms with van der Waals surface area (Å²) in [6.45, 7) is 7.08. The number of rotatable bonds is 2. The minimum atomic E-state index is 0.474. The smallest absolute Gasteiger partial charge is 0.0415 e. The van der Waals surface area contributed by atoms with Crippen LogP contribution < -0.4 is 5.32 Å². The van der Waals surface area contributed by atoms with Gasteiger partial charge in [0.05, 0.1) is 0 Å². The zero-order chi connectivity index (χ0) is 10.8. The Kier molecular flexibility index (Phi) is 3.13. The van der Waals surface area contributed by atoms with Crippen molar-refractivity contribution >= 4 is 17.2 Å². The quantitative estimate of drug-likeness (QED) is 0.801. The van der Waals surface area contributed by atoms with Gasteiger partial charge in [-0.3, -0.25) is 0 Å². The molecule has 1 nitrogen and oxygen atoms in total. The number of hydrogen-bond acceptors (Lipinski definition) is 1. The average Bonchev–Trinajstić information content (AvgIpc) is 2.69. The maximum atomic E-state index is 6.10. The molecule has 1 heterocycles. The van der Waals surface area contributed by atoms with E-state index in [9.17, 15) is 0 Å².